The highest BCUT2D eigenvalue weighted by Crippen LogP contribution is 2.19. The lowest BCUT2D eigenvalue weighted by molar-refractivity contribution is 0.416. The maximum absolute atomic E-state index is 12.3. The highest BCUT2D eigenvalue weighted by molar-refractivity contribution is 9.10. The minimum Gasteiger partial charge on any atom is -0.313 e. The molecular formula is C11H19BrN4O2S. The molecular weight excluding hydrogens is 332 g/mol. The maximum Gasteiger partial charge on any atom is 0.219 e. The van der Waals surface area contributed by atoms with Gasteiger partial charge < -0.3 is 5.32 Å². The number of nitrogens with zero attached hydrogens (tertiary/aromatic N) is 3. The van der Waals surface area contributed by atoms with E-state index in [1.54, 1.807) is 25.0 Å². The Morgan fingerprint density at radius 2 is 2.37 bits per heavy atom. The van der Waals surface area contributed by atoms with Crippen molar-refractivity contribution in [2.45, 2.75) is 24.6 Å². The zero-order valence-corrected chi connectivity index (χ0v) is 13.5. The van der Waals surface area contributed by atoms with E-state index in [0.29, 0.717) is 12.2 Å². The van der Waals surface area contributed by atoms with Gasteiger partial charge >= 0.3 is 0 Å². The van der Waals surface area contributed by atoms with E-state index in [1.165, 1.54) is 4.31 Å². The van der Waals surface area contributed by atoms with Crippen molar-refractivity contribution < 1.29 is 8.42 Å². The zero-order chi connectivity index (χ0) is 14.0. The maximum atomic E-state index is 12.3. The van der Waals surface area contributed by atoms with E-state index in [1.807, 2.05) is 0 Å². The minimum atomic E-state index is -3.32. The predicted octanol–water partition coefficient (Wildman–Crippen LogP) is 0.696. The van der Waals surface area contributed by atoms with Crippen LogP contribution >= 0.6 is 15.9 Å². The van der Waals surface area contributed by atoms with Crippen molar-refractivity contribution >= 4 is 26.0 Å². The molecule has 2 heterocycles. The van der Waals surface area contributed by atoms with E-state index in [2.05, 4.69) is 26.3 Å². The molecule has 1 aromatic rings. The number of aryl methyl sites for hydroxylation is 1. The SMILES string of the molecule is CN(C[C@H]1CCCN1)S(=O)(=O)Cc1nn(C)cc1Br. The second-order valence-electron chi connectivity index (χ2n) is 4.93. The van der Waals surface area contributed by atoms with Gasteiger partial charge in [0.1, 0.15) is 5.75 Å². The van der Waals surface area contributed by atoms with Crippen LogP contribution in [0.5, 0.6) is 0 Å². The molecule has 2 rings (SSSR count). The van der Waals surface area contributed by atoms with Gasteiger partial charge in [0.15, 0.2) is 0 Å². The monoisotopic (exact) mass is 350 g/mol. The normalized spacial score (nSPS) is 20.3. The Balaban J connectivity index is 2.02. The molecule has 1 aliphatic heterocycles. The molecule has 1 saturated heterocycles. The van der Waals surface area contributed by atoms with Crippen molar-refractivity contribution in [1.29, 1.82) is 0 Å². The fraction of sp³-hybridized carbons (Fsp3) is 0.727. The molecule has 0 saturated carbocycles. The molecule has 8 heteroatoms. The van der Waals surface area contributed by atoms with Crippen LogP contribution in [0.25, 0.3) is 0 Å². The first kappa shape index (κ1) is 15.0. The Morgan fingerprint density at radius 3 is 2.89 bits per heavy atom. The lowest BCUT2D eigenvalue weighted by Gasteiger charge is -2.20. The first-order valence-electron chi connectivity index (χ1n) is 6.24. The lowest BCUT2D eigenvalue weighted by Crippen LogP contribution is -2.39. The molecule has 0 aromatic carbocycles. The van der Waals surface area contributed by atoms with Crippen LogP contribution in [0, 0.1) is 0 Å². The van der Waals surface area contributed by atoms with Gasteiger partial charge in [0.25, 0.3) is 0 Å². The quantitative estimate of drug-likeness (QED) is 0.848. The summed E-state index contributed by atoms with van der Waals surface area (Å²) in [6.45, 7) is 1.50. The first-order chi connectivity index (χ1) is 8.88. The highest BCUT2D eigenvalue weighted by atomic mass is 79.9. The molecule has 0 unspecified atom stereocenters. The van der Waals surface area contributed by atoms with Crippen molar-refractivity contribution in [3.63, 3.8) is 0 Å². The van der Waals surface area contributed by atoms with E-state index in [-0.39, 0.29) is 11.8 Å². The van der Waals surface area contributed by atoms with E-state index >= 15 is 0 Å². The summed E-state index contributed by atoms with van der Waals surface area (Å²) < 4.78 is 28.3. The van der Waals surface area contributed by atoms with Crippen LogP contribution in [0.2, 0.25) is 0 Å². The van der Waals surface area contributed by atoms with Gasteiger partial charge in [-0.3, -0.25) is 4.68 Å². The van der Waals surface area contributed by atoms with Crippen LogP contribution in [0.15, 0.2) is 10.7 Å². The number of hydrogen-bond acceptors (Lipinski definition) is 4. The van der Waals surface area contributed by atoms with Crippen molar-refractivity contribution in [3.8, 4) is 0 Å². The molecule has 0 bridgehead atoms. The summed E-state index contributed by atoms with van der Waals surface area (Å²) >= 11 is 3.33. The summed E-state index contributed by atoms with van der Waals surface area (Å²) in [5, 5.41) is 7.46. The van der Waals surface area contributed by atoms with E-state index < -0.39 is 10.0 Å². The van der Waals surface area contributed by atoms with Gasteiger partial charge in [0.2, 0.25) is 10.0 Å². The fourth-order valence-electron chi connectivity index (χ4n) is 2.22. The third-order valence-corrected chi connectivity index (χ3v) is 5.69. The molecule has 0 aliphatic carbocycles. The van der Waals surface area contributed by atoms with E-state index in [4.69, 9.17) is 0 Å². The molecule has 1 fully saturated rings. The van der Waals surface area contributed by atoms with E-state index in [9.17, 15) is 8.42 Å². The van der Waals surface area contributed by atoms with Crippen molar-refractivity contribution in [2.75, 3.05) is 20.1 Å². The Morgan fingerprint density at radius 1 is 1.63 bits per heavy atom. The second kappa shape index (κ2) is 5.90. The largest absolute Gasteiger partial charge is 0.313 e. The van der Waals surface area contributed by atoms with Crippen molar-refractivity contribution in [2.24, 2.45) is 7.05 Å². The van der Waals surface area contributed by atoms with Crippen LogP contribution in [0.4, 0.5) is 0 Å². The molecule has 1 aliphatic rings. The highest BCUT2D eigenvalue weighted by Gasteiger charge is 2.25. The molecule has 0 radical (unpaired) electrons. The average molecular weight is 351 g/mol. The lowest BCUT2D eigenvalue weighted by atomic mass is 10.2. The second-order valence-corrected chi connectivity index (χ2v) is 7.86. The van der Waals surface area contributed by atoms with Gasteiger partial charge in [0, 0.05) is 32.9 Å². The third kappa shape index (κ3) is 3.77. The van der Waals surface area contributed by atoms with Crippen molar-refractivity contribution in [1.82, 2.24) is 19.4 Å². The van der Waals surface area contributed by atoms with Gasteiger partial charge in [-0.05, 0) is 35.3 Å². The average Bonchev–Trinajstić information content (AvgIpc) is 2.89. The predicted molar refractivity (Wildman–Crippen MR) is 77.2 cm³/mol. The Bertz CT molecular complexity index is 537. The number of rotatable bonds is 5. The van der Waals surface area contributed by atoms with Gasteiger partial charge in [0.05, 0.1) is 10.2 Å². The minimum absolute atomic E-state index is 0.0718. The molecule has 6 nitrogen and oxygen atoms in total. The summed E-state index contributed by atoms with van der Waals surface area (Å²) in [6.07, 6.45) is 3.90. The number of halogens is 1. The van der Waals surface area contributed by atoms with Crippen molar-refractivity contribution in [3.05, 3.63) is 16.4 Å². The summed E-state index contributed by atoms with van der Waals surface area (Å²) in [5.41, 5.74) is 0.550. The summed E-state index contributed by atoms with van der Waals surface area (Å²) in [5.74, 6) is -0.0718. The van der Waals surface area contributed by atoms with Crippen LogP contribution in [0.1, 0.15) is 18.5 Å². The molecule has 1 N–H and O–H groups in total. The van der Waals surface area contributed by atoms with Crippen LogP contribution in [-0.4, -0.2) is 48.7 Å². The van der Waals surface area contributed by atoms with Crippen LogP contribution in [0.3, 0.4) is 0 Å². The molecule has 0 amide bonds. The molecule has 108 valence electrons. The summed E-state index contributed by atoms with van der Waals surface area (Å²) in [6, 6.07) is 0.270. The number of sulfonamides is 1. The standard InChI is InChI=1S/C11H19BrN4O2S/c1-15-7-10(12)11(14-15)8-19(17,18)16(2)6-9-4-3-5-13-9/h7,9,13H,3-6,8H2,1-2H3/t9-/m1/s1. The fourth-order valence-corrected chi connectivity index (χ4v) is 4.11. The van der Waals surface area contributed by atoms with Gasteiger partial charge in [-0.1, -0.05) is 0 Å². The first-order valence-corrected chi connectivity index (χ1v) is 8.64. The molecule has 19 heavy (non-hydrogen) atoms. The zero-order valence-electron chi connectivity index (χ0n) is 11.1. The van der Waals surface area contributed by atoms with E-state index in [0.717, 1.165) is 23.9 Å². The molecule has 0 spiro atoms. The van der Waals surface area contributed by atoms with Crippen LogP contribution < -0.4 is 5.32 Å². The van der Waals surface area contributed by atoms with Gasteiger partial charge in [-0.2, -0.15) is 5.10 Å². The molecule has 1 aromatic heterocycles. The number of hydrogen-bond donors (Lipinski definition) is 1. The number of nitrogens with one attached hydrogen (secondary N) is 1. The molecule has 1 atom stereocenters. The topological polar surface area (TPSA) is 67.2 Å². The summed E-state index contributed by atoms with van der Waals surface area (Å²) in [4.78, 5) is 0. The van der Waals surface area contributed by atoms with Gasteiger partial charge in [-0.15, -0.1) is 0 Å². The third-order valence-electron chi connectivity index (χ3n) is 3.29. The van der Waals surface area contributed by atoms with Gasteiger partial charge in [-0.25, -0.2) is 12.7 Å². The Labute approximate surface area is 122 Å². The number of aromatic nitrogens is 2. The Kier molecular flexibility index (Phi) is 4.65. The van der Waals surface area contributed by atoms with Crippen LogP contribution in [-0.2, 0) is 22.8 Å². The smallest absolute Gasteiger partial charge is 0.219 e. The number of likely N-dealkylation sites (N-methyl/N-ethyl adjacent to an activating group) is 1. The summed E-state index contributed by atoms with van der Waals surface area (Å²) in [7, 11) is 0.0795. The Hall–Kier alpha value is -0.440.